The van der Waals surface area contributed by atoms with E-state index in [2.05, 4.69) is 17.1 Å². The summed E-state index contributed by atoms with van der Waals surface area (Å²) in [5.41, 5.74) is 5.03. The number of hydrogen-bond acceptors (Lipinski definition) is 3. The number of aryl methyl sites for hydroxylation is 2. The summed E-state index contributed by atoms with van der Waals surface area (Å²) >= 11 is 6.12. The third kappa shape index (κ3) is 3.17. The summed E-state index contributed by atoms with van der Waals surface area (Å²) in [5, 5.41) is 8.13. The van der Waals surface area contributed by atoms with Crippen molar-refractivity contribution in [3.8, 4) is 11.3 Å². The van der Waals surface area contributed by atoms with Crippen LogP contribution in [0.15, 0.2) is 47.4 Å². The third-order valence-electron chi connectivity index (χ3n) is 4.87. The van der Waals surface area contributed by atoms with Gasteiger partial charge in [0.1, 0.15) is 0 Å². The minimum absolute atomic E-state index is 0.0604. The van der Waals surface area contributed by atoms with Gasteiger partial charge < -0.3 is 0 Å². The average molecular weight is 382 g/mol. The van der Waals surface area contributed by atoms with Crippen LogP contribution in [-0.4, -0.2) is 24.4 Å². The summed E-state index contributed by atoms with van der Waals surface area (Å²) in [5.74, 6) is 0.0604. The highest BCUT2D eigenvalue weighted by Crippen LogP contribution is 2.27. The molecule has 1 aromatic carbocycles. The lowest BCUT2D eigenvalue weighted by Crippen LogP contribution is -2.18. The van der Waals surface area contributed by atoms with Crippen LogP contribution in [0.5, 0.6) is 0 Å². The molecule has 4 aromatic rings. The van der Waals surface area contributed by atoms with Crippen LogP contribution in [0.25, 0.3) is 16.9 Å². The summed E-state index contributed by atoms with van der Waals surface area (Å²) in [4.78, 5) is 17.5. The zero-order chi connectivity index (χ0) is 19.1. The number of H-pyrrole nitrogens is 1. The molecule has 3 heterocycles. The summed E-state index contributed by atoms with van der Waals surface area (Å²) < 4.78 is 3.41. The minimum Gasteiger partial charge on any atom is -0.289 e. The van der Waals surface area contributed by atoms with E-state index in [1.165, 1.54) is 4.52 Å². The van der Waals surface area contributed by atoms with E-state index in [4.69, 9.17) is 16.6 Å². The van der Waals surface area contributed by atoms with Gasteiger partial charge in [-0.2, -0.15) is 5.10 Å². The zero-order valence-corrected chi connectivity index (χ0v) is 16.2. The molecule has 3 aromatic heterocycles. The topological polar surface area (TPSA) is 68.0 Å². The molecular formula is C20H20ClN5O. The van der Waals surface area contributed by atoms with Crippen molar-refractivity contribution in [2.24, 2.45) is 0 Å². The molecule has 0 radical (unpaired) electrons. The molecule has 0 saturated carbocycles. The van der Waals surface area contributed by atoms with Gasteiger partial charge in [0.05, 0.1) is 11.4 Å². The van der Waals surface area contributed by atoms with Crippen LogP contribution >= 0.6 is 11.6 Å². The predicted molar refractivity (Wildman–Crippen MR) is 106 cm³/mol. The van der Waals surface area contributed by atoms with Crippen molar-refractivity contribution < 1.29 is 0 Å². The molecule has 7 heteroatoms. The molecule has 0 bridgehead atoms. The number of fused-ring (bicyclic) bond motifs is 1. The Morgan fingerprint density at radius 2 is 2.04 bits per heavy atom. The van der Waals surface area contributed by atoms with Crippen LogP contribution < -0.4 is 5.56 Å². The first-order chi connectivity index (χ1) is 12.9. The fourth-order valence-electron chi connectivity index (χ4n) is 3.29. The lowest BCUT2D eigenvalue weighted by Gasteiger charge is -2.12. The average Bonchev–Trinajstić information content (AvgIpc) is 3.19. The maximum absolute atomic E-state index is 12.7. The van der Waals surface area contributed by atoms with Crippen molar-refractivity contribution in [2.45, 2.75) is 33.2 Å². The first kappa shape index (κ1) is 17.5. The Bertz CT molecular complexity index is 1190. The largest absolute Gasteiger partial charge is 0.289 e. The summed E-state index contributed by atoms with van der Waals surface area (Å²) in [6, 6.07) is 11.1. The van der Waals surface area contributed by atoms with Crippen molar-refractivity contribution >= 4 is 17.2 Å². The summed E-state index contributed by atoms with van der Waals surface area (Å²) in [6.07, 6.45) is 1.78. The number of nitrogens with zero attached hydrogens (tertiary/aromatic N) is 4. The number of aromatic nitrogens is 5. The molecule has 0 aliphatic carbocycles. The Labute approximate surface area is 161 Å². The van der Waals surface area contributed by atoms with Crippen LogP contribution in [0.4, 0.5) is 0 Å². The van der Waals surface area contributed by atoms with E-state index in [-0.39, 0.29) is 11.5 Å². The normalized spacial score (nSPS) is 12.6. The van der Waals surface area contributed by atoms with Gasteiger partial charge in [0.25, 0.3) is 5.56 Å². The zero-order valence-electron chi connectivity index (χ0n) is 15.4. The van der Waals surface area contributed by atoms with Gasteiger partial charge >= 0.3 is 0 Å². The monoisotopic (exact) mass is 381 g/mol. The Morgan fingerprint density at radius 3 is 2.74 bits per heavy atom. The highest BCUT2D eigenvalue weighted by atomic mass is 35.5. The maximum Gasteiger partial charge on any atom is 0.272 e. The Balaban J connectivity index is 1.78. The number of aromatic amines is 1. The molecule has 0 aliphatic rings. The number of hydrogen-bond donors (Lipinski definition) is 1. The van der Waals surface area contributed by atoms with Gasteiger partial charge in [-0.05, 0) is 32.0 Å². The second-order valence-corrected chi connectivity index (χ2v) is 7.29. The van der Waals surface area contributed by atoms with Crippen LogP contribution in [0.1, 0.15) is 29.8 Å². The van der Waals surface area contributed by atoms with Crippen LogP contribution in [0.2, 0.25) is 5.02 Å². The maximum atomic E-state index is 12.7. The van der Waals surface area contributed by atoms with Crippen LogP contribution in [0, 0.1) is 13.8 Å². The number of halogens is 1. The molecule has 0 amide bonds. The standard InChI is InChI=1S/C20H20ClN5O/c1-12(11-25-13(2)7-8-22-25)17-10-18(27)26-20(23-17)14(3)19(24-26)15-5-4-6-16(21)9-15/h4-10,12,24H,11H2,1-3H3. The SMILES string of the molecule is Cc1c(-c2cccc(Cl)c2)[nH]n2c(=O)cc(C(C)Cn3nccc3C)nc12. The van der Waals surface area contributed by atoms with Gasteiger partial charge in [-0.3, -0.25) is 14.6 Å². The number of benzene rings is 1. The second-order valence-electron chi connectivity index (χ2n) is 6.86. The molecule has 0 fully saturated rings. The van der Waals surface area contributed by atoms with E-state index in [0.29, 0.717) is 17.2 Å². The first-order valence-corrected chi connectivity index (χ1v) is 9.18. The first-order valence-electron chi connectivity index (χ1n) is 8.80. The van der Waals surface area contributed by atoms with Crippen molar-refractivity contribution in [3.63, 3.8) is 0 Å². The van der Waals surface area contributed by atoms with Gasteiger partial charge in [0.15, 0.2) is 5.65 Å². The minimum atomic E-state index is -0.129. The molecule has 27 heavy (non-hydrogen) atoms. The van der Waals surface area contributed by atoms with E-state index in [9.17, 15) is 4.79 Å². The Morgan fingerprint density at radius 1 is 1.22 bits per heavy atom. The Kier molecular flexibility index (Phi) is 4.36. The number of rotatable bonds is 4. The van der Waals surface area contributed by atoms with Crippen molar-refractivity contribution in [3.05, 3.63) is 74.9 Å². The molecule has 1 unspecified atom stereocenters. The quantitative estimate of drug-likeness (QED) is 0.581. The van der Waals surface area contributed by atoms with Crippen LogP contribution in [0.3, 0.4) is 0 Å². The van der Waals surface area contributed by atoms with Crippen molar-refractivity contribution in [1.29, 1.82) is 0 Å². The molecule has 1 atom stereocenters. The molecular weight excluding hydrogens is 362 g/mol. The van der Waals surface area contributed by atoms with E-state index in [0.717, 1.165) is 28.2 Å². The molecule has 1 N–H and O–H groups in total. The summed E-state index contributed by atoms with van der Waals surface area (Å²) in [7, 11) is 0. The van der Waals surface area contributed by atoms with Gasteiger partial charge in [-0.15, -0.1) is 0 Å². The van der Waals surface area contributed by atoms with E-state index in [1.54, 1.807) is 12.3 Å². The molecule has 0 spiro atoms. The highest BCUT2D eigenvalue weighted by molar-refractivity contribution is 6.30. The molecule has 0 saturated heterocycles. The van der Waals surface area contributed by atoms with Gasteiger partial charge in [-0.25, -0.2) is 9.50 Å². The summed E-state index contributed by atoms with van der Waals surface area (Å²) in [6.45, 7) is 6.70. The third-order valence-corrected chi connectivity index (χ3v) is 5.10. The lowest BCUT2D eigenvalue weighted by atomic mass is 10.1. The second kappa shape index (κ2) is 6.70. The van der Waals surface area contributed by atoms with E-state index < -0.39 is 0 Å². The van der Waals surface area contributed by atoms with Crippen molar-refractivity contribution in [2.75, 3.05) is 0 Å². The van der Waals surface area contributed by atoms with E-state index in [1.807, 2.05) is 48.9 Å². The van der Waals surface area contributed by atoms with Crippen molar-refractivity contribution in [1.82, 2.24) is 24.4 Å². The molecule has 138 valence electrons. The highest BCUT2D eigenvalue weighted by Gasteiger charge is 2.17. The van der Waals surface area contributed by atoms with E-state index >= 15 is 0 Å². The molecule has 4 rings (SSSR count). The number of nitrogens with one attached hydrogen (secondary N) is 1. The van der Waals surface area contributed by atoms with Crippen LogP contribution in [-0.2, 0) is 6.54 Å². The molecule has 0 aliphatic heterocycles. The Hall–Kier alpha value is -2.86. The molecule has 6 nitrogen and oxygen atoms in total. The van der Waals surface area contributed by atoms with Gasteiger partial charge in [0, 0.05) is 46.6 Å². The fourth-order valence-corrected chi connectivity index (χ4v) is 3.48. The van der Waals surface area contributed by atoms with Gasteiger partial charge in [0.2, 0.25) is 0 Å². The smallest absolute Gasteiger partial charge is 0.272 e. The van der Waals surface area contributed by atoms with Gasteiger partial charge in [-0.1, -0.05) is 30.7 Å². The predicted octanol–water partition coefficient (Wildman–Crippen LogP) is 3.96. The lowest BCUT2D eigenvalue weighted by molar-refractivity contribution is 0.523. The fraction of sp³-hybridized carbons (Fsp3) is 0.250.